The SMILES string of the molecule is c1cc2cc(NCC3CCC3)ccc2s1. The van der Waals surface area contributed by atoms with Gasteiger partial charge in [-0.1, -0.05) is 6.42 Å². The highest BCUT2D eigenvalue weighted by molar-refractivity contribution is 7.17. The van der Waals surface area contributed by atoms with Crippen molar-refractivity contribution in [3.05, 3.63) is 29.6 Å². The Balaban J connectivity index is 1.72. The minimum Gasteiger partial charge on any atom is -0.385 e. The number of anilines is 1. The molecule has 1 aliphatic carbocycles. The molecule has 1 heterocycles. The van der Waals surface area contributed by atoms with Gasteiger partial charge in [0.15, 0.2) is 0 Å². The van der Waals surface area contributed by atoms with Crippen LogP contribution in [0.2, 0.25) is 0 Å². The van der Waals surface area contributed by atoms with Crippen LogP contribution in [0.25, 0.3) is 10.1 Å². The molecule has 1 aliphatic rings. The molecule has 3 rings (SSSR count). The second kappa shape index (κ2) is 3.86. The fourth-order valence-electron chi connectivity index (χ4n) is 2.04. The van der Waals surface area contributed by atoms with Gasteiger partial charge in [0.25, 0.3) is 0 Å². The molecule has 78 valence electrons. The van der Waals surface area contributed by atoms with Crippen LogP contribution in [-0.4, -0.2) is 6.54 Å². The molecule has 0 saturated heterocycles. The van der Waals surface area contributed by atoms with E-state index in [4.69, 9.17) is 0 Å². The lowest BCUT2D eigenvalue weighted by atomic mass is 9.85. The number of nitrogens with one attached hydrogen (secondary N) is 1. The second-order valence-corrected chi connectivity index (χ2v) is 5.30. The van der Waals surface area contributed by atoms with Crippen LogP contribution >= 0.6 is 11.3 Å². The maximum Gasteiger partial charge on any atom is 0.0347 e. The molecule has 1 saturated carbocycles. The largest absolute Gasteiger partial charge is 0.385 e. The van der Waals surface area contributed by atoms with E-state index in [-0.39, 0.29) is 0 Å². The summed E-state index contributed by atoms with van der Waals surface area (Å²) in [6, 6.07) is 8.85. The van der Waals surface area contributed by atoms with Crippen molar-refractivity contribution in [2.45, 2.75) is 19.3 Å². The Hall–Kier alpha value is -1.02. The zero-order valence-corrected chi connectivity index (χ0v) is 9.52. The third-order valence-corrected chi connectivity index (χ3v) is 4.17. The Bertz CT molecular complexity index is 456. The van der Waals surface area contributed by atoms with E-state index >= 15 is 0 Å². The van der Waals surface area contributed by atoms with Crippen molar-refractivity contribution < 1.29 is 0 Å². The summed E-state index contributed by atoms with van der Waals surface area (Å²) in [4.78, 5) is 0. The lowest BCUT2D eigenvalue weighted by molar-refractivity contribution is 0.333. The summed E-state index contributed by atoms with van der Waals surface area (Å²) in [7, 11) is 0. The van der Waals surface area contributed by atoms with Gasteiger partial charge in [-0.2, -0.15) is 0 Å². The molecule has 0 atom stereocenters. The number of benzene rings is 1. The molecule has 0 aliphatic heterocycles. The highest BCUT2D eigenvalue weighted by Crippen LogP contribution is 2.28. The lowest BCUT2D eigenvalue weighted by Crippen LogP contribution is -2.20. The molecular formula is C13H15NS. The van der Waals surface area contributed by atoms with Gasteiger partial charge in [0.05, 0.1) is 0 Å². The molecule has 1 nitrogen and oxygen atoms in total. The Morgan fingerprint density at radius 2 is 2.20 bits per heavy atom. The fourth-order valence-corrected chi connectivity index (χ4v) is 2.81. The molecule has 1 fully saturated rings. The summed E-state index contributed by atoms with van der Waals surface area (Å²) < 4.78 is 1.38. The van der Waals surface area contributed by atoms with Crippen LogP contribution in [0.15, 0.2) is 29.6 Å². The Labute approximate surface area is 94.1 Å². The quantitative estimate of drug-likeness (QED) is 0.815. The predicted octanol–water partition coefficient (Wildman–Crippen LogP) is 4.11. The molecule has 0 amide bonds. The number of rotatable bonds is 3. The second-order valence-electron chi connectivity index (χ2n) is 4.35. The molecule has 0 spiro atoms. The van der Waals surface area contributed by atoms with Gasteiger partial charge >= 0.3 is 0 Å². The van der Waals surface area contributed by atoms with Crippen molar-refractivity contribution in [3.63, 3.8) is 0 Å². The monoisotopic (exact) mass is 217 g/mol. The van der Waals surface area contributed by atoms with E-state index < -0.39 is 0 Å². The first-order valence-corrected chi connectivity index (χ1v) is 6.51. The van der Waals surface area contributed by atoms with E-state index in [1.165, 1.54) is 35.0 Å². The smallest absolute Gasteiger partial charge is 0.0347 e. The van der Waals surface area contributed by atoms with Crippen molar-refractivity contribution in [3.8, 4) is 0 Å². The van der Waals surface area contributed by atoms with E-state index in [2.05, 4.69) is 35.0 Å². The van der Waals surface area contributed by atoms with E-state index in [1.54, 1.807) is 0 Å². The molecule has 2 aromatic rings. The number of hydrogen-bond acceptors (Lipinski definition) is 2. The van der Waals surface area contributed by atoms with Crippen LogP contribution in [0.1, 0.15) is 19.3 Å². The van der Waals surface area contributed by atoms with Gasteiger partial charge in [0.1, 0.15) is 0 Å². The first-order valence-electron chi connectivity index (χ1n) is 5.63. The van der Waals surface area contributed by atoms with E-state index in [1.807, 2.05) is 11.3 Å². The van der Waals surface area contributed by atoms with Crippen molar-refractivity contribution in [2.24, 2.45) is 5.92 Å². The third kappa shape index (κ3) is 1.86. The topological polar surface area (TPSA) is 12.0 Å². The van der Waals surface area contributed by atoms with Crippen LogP contribution in [0.3, 0.4) is 0 Å². The molecule has 1 aromatic carbocycles. The number of thiophene rings is 1. The molecule has 2 heteroatoms. The summed E-state index contributed by atoms with van der Waals surface area (Å²) in [5.41, 5.74) is 1.27. The normalized spacial score (nSPS) is 16.5. The summed E-state index contributed by atoms with van der Waals surface area (Å²) in [6.45, 7) is 1.15. The van der Waals surface area contributed by atoms with Gasteiger partial charge < -0.3 is 5.32 Å². The van der Waals surface area contributed by atoms with E-state index in [0.29, 0.717) is 0 Å². The molecule has 1 N–H and O–H groups in total. The van der Waals surface area contributed by atoms with Gasteiger partial charge in [0, 0.05) is 16.9 Å². The molecule has 15 heavy (non-hydrogen) atoms. The fraction of sp³-hybridized carbons (Fsp3) is 0.385. The van der Waals surface area contributed by atoms with Gasteiger partial charge in [-0.3, -0.25) is 0 Å². The van der Waals surface area contributed by atoms with Crippen molar-refractivity contribution in [1.82, 2.24) is 0 Å². The van der Waals surface area contributed by atoms with Gasteiger partial charge in [-0.15, -0.1) is 11.3 Å². The maximum atomic E-state index is 3.53. The summed E-state index contributed by atoms with van der Waals surface area (Å²) in [6.07, 6.45) is 4.25. The Kier molecular flexibility index (Phi) is 2.37. The molecular weight excluding hydrogens is 202 g/mol. The molecule has 0 bridgehead atoms. The summed E-state index contributed by atoms with van der Waals surface area (Å²) in [5.74, 6) is 0.920. The van der Waals surface area contributed by atoms with Crippen molar-refractivity contribution in [2.75, 3.05) is 11.9 Å². The lowest BCUT2D eigenvalue weighted by Gasteiger charge is -2.25. The molecule has 0 unspecified atom stereocenters. The highest BCUT2D eigenvalue weighted by atomic mass is 32.1. The van der Waals surface area contributed by atoms with Crippen LogP contribution in [0, 0.1) is 5.92 Å². The average Bonchev–Trinajstić information content (AvgIpc) is 2.62. The zero-order chi connectivity index (χ0) is 10.1. The van der Waals surface area contributed by atoms with Crippen LogP contribution < -0.4 is 5.32 Å². The minimum absolute atomic E-state index is 0.920. The van der Waals surface area contributed by atoms with Crippen molar-refractivity contribution >= 4 is 27.1 Å². The average molecular weight is 217 g/mol. The Morgan fingerprint density at radius 1 is 1.27 bits per heavy atom. The third-order valence-electron chi connectivity index (χ3n) is 3.27. The van der Waals surface area contributed by atoms with Crippen LogP contribution in [0.4, 0.5) is 5.69 Å². The number of hydrogen-bond donors (Lipinski definition) is 1. The first kappa shape index (κ1) is 9.22. The van der Waals surface area contributed by atoms with Gasteiger partial charge in [-0.05, 0) is 53.8 Å². The van der Waals surface area contributed by atoms with Crippen molar-refractivity contribution in [1.29, 1.82) is 0 Å². The maximum absolute atomic E-state index is 3.53. The van der Waals surface area contributed by atoms with Crippen LogP contribution in [0.5, 0.6) is 0 Å². The predicted molar refractivity (Wildman–Crippen MR) is 67.7 cm³/mol. The van der Waals surface area contributed by atoms with Gasteiger partial charge in [-0.25, -0.2) is 0 Å². The van der Waals surface area contributed by atoms with Gasteiger partial charge in [0.2, 0.25) is 0 Å². The number of fused-ring (bicyclic) bond motifs is 1. The van der Waals surface area contributed by atoms with E-state index in [0.717, 1.165) is 12.5 Å². The highest BCUT2D eigenvalue weighted by Gasteiger charge is 2.16. The van der Waals surface area contributed by atoms with Crippen LogP contribution in [-0.2, 0) is 0 Å². The Morgan fingerprint density at radius 3 is 3.00 bits per heavy atom. The molecule has 1 aromatic heterocycles. The zero-order valence-electron chi connectivity index (χ0n) is 8.70. The first-order chi connectivity index (χ1) is 7.42. The summed E-state index contributed by atoms with van der Waals surface area (Å²) in [5, 5.41) is 7.05. The molecule has 0 radical (unpaired) electrons. The standard InChI is InChI=1S/C13H15NS/c1-2-10(3-1)9-14-12-4-5-13-11(8-12)6-7-15-13/h4-8,10,14H,1-3,9H2. The minimum atomic E-state index is 0.920. The van der Waals surface area contributed by atoms with E-state index in [9.17, 15) is 0 Å². The summed E-state index contributed by atoms with van der Waals surface area (Å²) >= 11 is 1.81.